The molecule has 1 heterocycles. The summed E-state index contributed by atoms with van der Waals surface area (Å²) >= 11 is 0. The van der Waals surface area contributed by atoms with Crippen LogP contribution in [0.4, 0.5) is 0 Å². The van der Waals surface area contributed by atoms with Crippen LogP contribution in [0.3, 0.4) is 0 Å². The third kappa shape index (κ3) is 1.27. The van der Waals surface area contributed by atoms with Gasteiger partial charge in [0.25, 0.3) is 0 Å². The second kappa shape index (κ2) is 3.21. The Morgan fingerprint density at radius 3 is 2.50 bits per heavy atom. The van der Waals surface area contributed by atoms with Crippen LogP contribution in [0.25, 0.3) is 0 Å². The molecule has 1 fully saturated rings. The Balaban J connectivity index is 2.55. The Morgan fingerprint density at radius 2 is 2.10 bits per heavy atom. The largest absolute Gasteiger partial charge is 0.348 e. The Morgan fingerprint density at radius 1 is 1.50 bits per heavy atom. The molecular weight excluding hydrogens is 126 g/mol. The van der Waals surface area contributed by atoms with Crippen LogP contribution in [-0.4, -0.2) is 23.8 Å². The Bertz CT molecular complexity index is 172. The molecule has 0 aromatic rings. The molecule has 1 radical (unpaired) electrons. The topological polar surface area (TPSA) is 39.4 Å². The maximum atomic E-state index is 8.52. The first kappa shape index (κ1) is 7.07. The number of nitrogens with zero attached hydrogens (tertiary/aromatic N) is 3. The fraction of sp³-hybridized carbons (Fsp3) is 0.571. The minimum absolute atomic E-state index is 0.470. The van der Waals surface area contributed by atoms with Gasteiger partial charge in [-0.3, -0.25) is 4.99 Å². The SMILES string of the molecule is [CH2]N=C(C#N)N1CCCC1. The van der Waals surface area contributed by atoms with Gasteiger partial charge in [-0.1, -0.05) is 0 Å². The van der Waals surface area contributed by atoms with Crippen molar-refractivity contribution in [3.8, 4) is 6.07 Å². The zero-order chi connectivity index (χ0) is 7.40. The molecule has 1 rings (SSSR count). The third-order valence-corrected chi connectivity index (χ3v) is 1.66. The van der Waals surface area contributed by atoms with E-state index in [1.165, 1.54) is 12.8 Å². The highest BCUT2D eigenvalue weighted by Crippen LogP contribution is 2.07. The number of hydrogen-bond donors (Lipinski definition) is 0. The fourth-order valence-electron chi connectivity index (χ4n) is 1.14. The first-order chi connectivity index (χ1) is 4.88. The normalized spacial score (nSPS) is 19.2. The van der Waals surface area contributed by atoms with Crippen molar-refractivity contribution in [2.24, 2.45) is 4.99 Å². The number of nitriles is 1. The van der Waals surface area contributed by atoms with Gasteiger partial charge in [0, 0.05) is 13.1 Å². The molecule has 1 saturated heterocycles. The number of aliphatic imine (C=N–C) groups is 1. The van der Waals surface area contributed by atoms with E-state index in [2.05, 4.69) is 12.0 Å². The molecule has 10 heavy (non-hydrogen) atoms. The smallest absolute Gasteiger partial charge is 0.204 e. The third-order valence-electron chi connectivity index (χ3n) is 1.66. The summed E-state index contributed by atoms with van der Waals surface area (Å²) in [5, 5.41) is 8.52. The van der Waals surface area contributed by atoms with Crippen molar-refractivity contribution in [2.45, 2.75) is 12.8 Å². The number of hydrogen-bond acceptors (Lipinski definition) is 2. The molecule has 0 unspecified atom stereocenters. The summed E-state index contributed by atoms with van der Waals surface area (Å²) < 4.78 is 0. The van der Waals surface area contributed by atoms with Gasteiger partial charge in [-0.05, 0) is 12.8 Å². The van der Waals surface area contributed by atoms with E-state index in [-0.39, 0.29) is 0 Å². The molecule has 0 amide bonds. The molecule has 0 aromatic carbocycles. The van der Waals surface area contributed by atoms with Crippen molar-refractivity contribution in [1.82, 2.24) is 4.90 Å². The summed E-state index contributed by atoms with van der Waals surface area (Å²) in [7, 11) is 3.33. The van der Waals surface area contributed by atoms with Crippen molar-refractivity contribution in [3.63, 3.8) is 0 Å². The lowest BCUT2D eigenvalue weighted by atomic mass is 10.4. The van der Waals surface area contributed by atoms with Gasteiger partial charge in [0.2, 0.25) is 5.84 Å². The highest BCUT2D eigenvalue weighted by atomic mass is 15.2. The van der Waals surface area contributed by atoms with Gasteiger partial charge >= 0.3 is 0 Å². The maximum absolute atomic E-state index is 8.52. The van der Waals surface area contributed by atoms with E-state index in [9.17, 15) is 0 Å². The minimum Gasteiger partial charge on any atom is -0.348 e. The van der Waals surface area contributed by atoms with Crippen molar-refractivity contribution < 1.29 is 0 Å². The second-order valence-corrected chi connectivity index (χ2v) is 2.29. The fourth-order valence-corrected chi connectivity index (χ4v) is 1.14. The summed E-state index contributed by atoms with van der Waals surface area (Å²) in [6.45, 7) is 1.92. The molecule has 3 nitrogen and oxygen atoms in total. The molecule has 0 atom stereocenters. The van der Waals surface area contributed by atoms with E-state index in [4.69, 9.17) is 5.26 Å². The Hall–Kier alpha value is -1.04. The van der Waals surface area contributed by atoms with Crippen LogP contribution < -0.4 is 0 Å². The van der Waals surface area contributed by atoms with Crippen molar-refractivity contribution in [1.29, 1.82) is 5.26 Å². The first-order valence-electron chi connectivity index (χ1n) is 3.37. The molecule has 0 saturated carbocycles. The van der Waals surface area contributed by atoms with E-state index in [1.54, 1.807) is 0 Å². The molecule has 0 aromatic heterocycles. The highest BCUT2D eigenvalue weighted by Gasteiger charge is 2.14. The Labute approximate surface area is 61.0 Å². The van der Waals surface area contributed by atoms with E-state index in [0.717, 1.165) is 13.1 Å². The van der Waals surface area contributed by atoms with E-state index in [0.29, 0.717) is 5.84 Å². The summed E-state index contributed by atoms with van der Waals surface area (Å²) in [4.78, 5) is 5.59. The molecule has 0 spiro atoms. The van der Waals surface area contributed by atoms with Crippen LogP contribution in [0.1, 0.15) is 12.8 Å². The number of rotatable bonds is 0. The van der Waals surface area contributed by atoms with Crippen LogP contribution in [-0.2, 0) is 0 Å². The molecule has 0 bridgehead atoms. The monoisotopic (exact) mass is 136 g/mol. The lowest BCUT2D eigenvalue weighted by molar-refractivity contribution is 0.524. The van der Waals surface area contributed by atoms with Crippen molar-refractivity contribution >= 4 is 5.84 Å². The summed E-state index contributed by atoms with van der Waals surface area (Å²) in [6.07, 6.45) is 2.33. The molecule has 1 aliphatic heterocycles. The standard InChI is InChI=1S/C7H10N3/c1-9-7(6-8)10-4-2-3-5-10/h1-5H2. The first-order valence-corrected chi connectivity index (χ1v) is 3.37. The number of amidine groups is 1. The highest BCUT2D eigenvalue weighted by molar-refractivity contribution is 5.96. The maximum Gasteiger partial charge on any atom is 0.204 e. The minimum atomic E-state index is 0.470. The molecule has 0 aliphatic carbocycles. The zero-order valence-electron chi connectivity index (χ0n) is 5.88. The van der Waals surface area contributed by atoms with Crippen LogP contribution >= 0.6 is 0 Å². The van der Waals surface area contributed by atoms with Gasteiger partial charge in [0.05, 0.1) is 7.05 Å². The lowest BCUT2D eigenvalue weighted by Crippen LogP contribution is -2.25. The van der Waals surface area contributed by atoms with Crippen LogP contribution in [0.15, 0.2) is 4.99 Å². The second-order valence-electron chi connectivity index (χ2n) is 2.29. The van der Waals surface area contributed by atoms with Gasteiger partial charge in [0.1, 0.15) is 6.07 Å². The van der Waals surface area contributed by atoms with Gasteiger partial charge in [-0.25, -0.2) is 0 Å². The number of likely N-dealkylation sites (tertiary alicyclic amines) is 1. The summed E-state index contributed by atoms with van der Waals surface area (Å²) in [5.74, 6) is 0.470. The summed E-state index contributed by atoms with van der Waals surface area (Å²) in [6, 6.07) is 2.01. The van der Waals surface area contributed by atoms with E-state index < -0.39 is 0 Å². The zero-order valence-corrected chi connectivity index (χ0v) is 5.88. The van der Waals surface area contributed by atoms with Crippen molar-refractivity contribution in [2.75, 3.05) is 13.1 Å². The average molecular weight is 136 g/mol. The van der Waals surface area contributed by atoms with Crippen LogP contribution in [0, 0.1) is 18.4 Å². The van der Waals surface area contributed by atoms with E-state index in [1.807, 2.05) is 11.0 Å². The molecular formula is C7H10N3. The van der Waals surface area contributed by atoms with Gasteiger partial charge in [-0.2, -0.15) is 5.26 Å². The van der Waals surface area contributed by atoms with Crippen LogP contribution in [0.2, 0.25) is 0 Å². The molecule has 0 N–H and O–H groups in total. The van der Waals surface area contributed by atoms with E-state index >= 15 is 0 Å². The van der Waals surface area contributed by atoms with Gasteiger partial charge in [0.15, 0.2) is 0 Å². The van der Waals surface area contributed by atoms with Crippen molar-refractivity contribution in [3.05, 3.63) is 7.05 Å². The van der Waals surface area contributed by atoms with Crippen LogP contribution in [0.5, 0.6) is 0 Å². The quantitative estimate of drug-likeness (QED) is 0.365. The lowest BCUT2D eigenvalue weighted by Gasteiger charge is -2.12. The van der Waals surface area contributed by atoms with Gasteiger partial charge in [-0.15, -0.1) is 0 Å². The average Bonchev–Trinajstić information content (AvgIpc) is 2.43. The Kier molecular flexibility index (Phi) is 2.27. The molecule has 53 valence electrons. The summed E-state index contributed by atoms with van der Waals surface area (Å²) in [5.41, 5.74) is 0. The van der Waals surface area contributed by atoms with Gasteiger partial charge < -0.3 is 4.90 Å². The molecule has 3 heteroatoms. The predicted octanol–water partition coefficient (Wildman–Crippen LogP) is 0.796. The molecule has 1 aliphatic rings. The predicted molar refractivity (Wildman–Crippen MR) is 39.2 cm³/mol.